The van der Waals surface area contributed by atoms with E-state index in [1.54, 1.807) is 12.4 Å². The lowest BCUT2D eigenvalue weighted by Gasteiger charge is -2.33. The maximum absolute atomic E-state index is 12.4. The monoisotopic (exact) mass is 342 g/mol. The third kappa shape index (κ3) is 4.15. The first kappa shape index (κ1) is 17.4. The van der Waals surface area contributed by atoms with Gasteiger partial charge < -0.3 is 10.2 Å². The summed E-state index contributed by atoms with van der Waals surface area (Å²) in [7, 11) is 1.94. The summed E-state index contributed by atoms with van der Waals surface area (Å²) in [5, 5.41) is 7.58. The fraction of sp³-hybridized carbons (Fsp3) is 0.556. The van der Waals surface area contributed by atoms with Crippen LogP contribution in [0, 0.1) is 13.8 Å². The number of nitrogens with zero attached hydrogens (tertiary/aromatic N) is 5. The van der Waals surface area contributed by atoms with Crippen LogP contribution in [0.4, 0.5) is 5.95 Å². The highest BCUT2D eigenvalue weighted by molar-refractivity contribution is 5.76. The van der Waals surface area contributed by atoms with Crippen molar-refractivity contribution in [2.75, 3.05) is 18.0 Å². The van der Waals surface area contributed by atoms with Gasteiger partial charge in [0.1, 0.15) is 0 Å². The second kappa shape index (κ2) is 7.63. The molecular weight excluding hydrogens is 316 g/mol. The number of amides is 1. The average molecular weight is 342 g/mol. The molecule has 0 bridgehead atoms. The zero-order valence-corrected chi connectivity index (χ0v) is 15.2. The minimum Gasteiger partial charge on any atom is -0.352 e. The van der Waals surface area contributed by atoms with Crippen LogP contribution >= 0.6 is 0 Å². The van der Waals surface area contributed by atoms with E-state index >= 15 is 0 Å². The molecule has 2 aromatic heterocycles. The van der Waals surface area contributed by atoms with Gasteiger partial charge in [-0.2, -0.15) is 5.10 Å². The second-order valence-corrected chi connectivity index (χ2v) is 6.67. The van der Waals surface area contributed by atoms with Gasteiger partial charge in [0.05, 0.1) is 5.69 Å². The van der Waals surface area contributed by atoms with Gasteiger partial charge in [-0.3, -0.25) is 9.48 Å². The van der Waals surface area contributed by atoms with Crippen molar-refractivity contribution in [3.63, 3.8) is 0 Å². The molecule has 0 aromatic carbocycles. The number of nitrogens with one attached hydrogen (secondary N) is 1. The van der Waals surface area contributed by atoms with Crippen LogP contribution in [0.25, 0.3) is 0 Å². The van der Waals surface area contributed by atoms with E-state index in [0.29, 0.717) is 6.42 Å². The maximum atomic E-state index is 12.4. The molecule has 0 spiro atoms. The van der Waals surface area contributed by atoms with Crippen molar-refractivity contribution in [1.29, 1.82) is 0 Å². The minimum atomic E-state index is 0.100. The van der Waals surface area contributed by atoms with Crippen molar-refractivity contribution in [3.8, 4) is 0 Å². The third-order valence-electron chi connectivity index (χ3n) is 4.88. The second-order valence-electron chi connectivity index (χ2n) is 6.67. The van der Waals surface area contributed by atoms with Gasteiger partial charge in [0.15, 0.2) is 0 Å². The topological polar surface area (TPSA) is 75.9 Å². The van der Waals surface area contributed by atoms with Crippen LogP contribution in [0.2, 0.25) is 0 Å². The van der Waals surface area contributed by atoms with Gasteiger partial charge in [-0.15, -0.1) is 0 Å². The molecule has 3 heterocycles. The zero-order valence-electron chi connectivity index (χ0n) is 15.2. The molecule has 2 aromatic rings. The van der Waals surface area contributed by atoms with Gasteiger partial charge in [0.25, 0.3) is 0 Å². The molecule has 7 heteroatoms. The highest BCUT2D eigenvalue weighted by atomic mass is 16.1. The third-order valence-corrected chi connectivity index (χ3v) is 4.88. The van der Waals surface area contributed by atoms with Crippen LogP contribution in [-0.4, -0.2) is 44.8 Å². The van der Waals surface area contributed by atoms with Crippen LogP contribution in [0.15, 0.2) is 18.5 Å². The molecule has 0 radical (unpaired) electrons. The standard InChI is InChI=1S/C18H26N6O/c1-13-16(14(2)23(3)22-13)7-8-17(25)21-15-6-4-11-24(12-15)18-19-9-5-10-20-18/h5,9-10,15H,4,6-8,11-12H2,1-3H3,(H,21,25)/t15-/m1/s1. The van der Waals surface area contributed by atoms with E-state index < -0.39 is 0 Å². The number of carbonyl (C=O) groups excluding carboxylic acids is 1. The molecule has 1 atom stereocenters. The van der Waals surface area contributed by atoms with Crippen molar-refractivity contribution in [1.82, 2.24) is 25.1 Å². The van der Waals surface area contributed by atoms with Crippen LogP contribution in [0.5, 0.6) is 0 Å². The lowest BCUT2D eigenvalue weighted by atomic mass is 10.0. The van der Waals surface area contributed by atoms with E-state index in [-0.39, 0.29) is 11.9 Å². The molecule has 1 aliphatic rings. The Morgan fingerprint density at radius 3 is 2.76 bits per heavy atom. The summed E-state index contributed by atoms with van der Waals surface area (Å²) in [6.45, 7) is 5.75. The number of rotatable bonds is 5. The highest BCUT2D eigenvalue weighted by Gasteiger charge is 2.23. The van der Waals surface area contributed by atoms with E-state index in [2.05, 4.69) is 25.3 Å². The van der Waals surface area contributed by atoms with Gasteiger partial charge in [-0.25, -0.2) is 9.97 Å². The molecule has 1 amide bonds. The van der Waals surface area contributed by atoms with Crippen LogP contribution in [0.1, 0.15) is 36.2 Å². The van der Waals surface area contributed by atoms with E-state index in [1.165, 1.54) is 5.56 Å². The summed E-state index contributed by atoms with van der Waals surface area (Å²) in [5.41, 5.74) is 3.33. The highest BCUT2D eigenvalue weighted by Crippen LogP contribution is 2.16. The Morgan fingerprint density at radius 1 is 1.32 bits per heavy atom. The minimum absolute atomic E-state index is 0.100. The van der Waals surface area contributed by atoms with Crippen LogP contribution in [0.3, 0.4) is 0 Å². The number of anilines is 1. The molecule has 3 rings (SSSR count). The molecule has 1 saturated heterocycles. The average Bonchev–Trinajstić information content (AvgIpc) is 2.86. The van der Waals surface area contributed by atoms with Crippen molar-refractivity contribution in [2.45, 2.75) is 45.6 Å². The Labute approximate surface area is 148 Å². The summed E-state index contributed by atoms with van der Waals surface area (Å²) in [6, 6.07) is 1.97. The predicted molar refractivity (Wildman–Crippen MR) is 96.4 cm³/mol. The van der Waals surface area contributed by atoms with E-state index in [0.717, 1.165) is 49.7 Å². The summed E-state index contributed by atoms with van der Waals surface area (Å²) >= 11 is 0. The first-order valence-corrected chi connectivity index (χ1v) is 8.85. The van der Waals surface area contributed by atoms with E-state index in [4.69, 9.17) is 0 Å². The van der Waals surface area contributed by atoms with Gasteiger partial charge >= 0.3 is 0 Å². The lowest BCUT2D eigenvalue weighted by Crippen LogP contribution is -2.48. The van der Waals surface area contributed by atoms with Gasteiger partial charge in [0, 0.05) is 50.7 Å². The first-order chi connectivity index (χ1) is 12.0. The molecule has 134 valence electrons. The van der Waals surface area contributed by atoms with Gasteiger partial charge in [0.2, 0.25) is 11.9 Å². The van der Waals surface area contributed by atoms with E-state index in [1.807, 2.05) is 31.6 Å². The van der Waals surface area contributed by atoms with Crippen LogP contribution in [-0.2, 0) is 18.3 Å². The molecule has 0 saturated carbocycles. The summed E-state index contributed by atoms with van der Waals surface area (Å²) in [6.07, 6.45) is 6.76. The molecule has 7 nitrogen and oxygen atoms in total. The Balaban J connectivity index is 1.52. The van der Waals surface area contributed by atoms with E-state index in [9.17, 15) is 4.79 Å². The quantitative estimate of drug-likeness (QED) is 0.892. The number of aryl methyl sites for hydroxylation is 2. The molecule has 25 heavy (non-hydrogen) atoms. The van der Waals surface area contributed by atoms with Gasteiger partial charge in [-0.1, -0.05) is 0 Å². The normalized spacial score (nSPS) is 17.6. The Morgan fingerprint density at radius 2 is 2.08 bits per heavy atom. The number of hydrogen-bond acceptors (Lipinski definition) is 5. The Hall–Kier alpha value is -2.44. The number of aromatic nitrogens is 4. The smallest absolute Gasteiger partial charge is 0.225 e. The SMILES string of the molecule is Cc1nn(C)c(C)c1CCC(=O)N[C@@H]1CCCN(c2ncccn2)C1. The number of carbonyl (C=O) groups is 1. The summed E-state index contributed by atoms with van der Waals surface area (Å²) in [5.74, 6) is 0.839. The van der Waals surface area contributed by atoms with Crippen LogP contribution < -0.4 is 10.2 Å². The molecule has 1 aliphatic heterocycles. The first-order valence-electron chi connectivity index (χ1n) is 8.85. The summed E-state index contributed by atoms with van der Waals surface area (Å²) < 4.78 is 1.88. The molecule has 1 fully saturated rings. The van der Waals surface area contributed by atoms with Crippen molar-refractivity contribution in [2.24, 2.45) is 7.05 Å². The number of hydrogen-bond donors (Lipinski definition) is 1. The van der Waals surface area contributed by atoms with Crippen molar-refractivity contribution >= 4 is 11.9 Å². The molecule has 1 N–H and O–H groups in total. The fourth-order valence-corrected chi connectivity index (χ4v) is 3.45. The fourth-order valence-electron chi connectivity index (χ4n) is 3.45. The molecule has 0 aliphatic carbocycles. The lowest BCUT2D eigenvalue weighted by molar-refractivity contribution is -0.121. The van der Waals surface area contributed by atoms with Crippen molar-refractivity contribution in [3.05, 3.63) is 35.4 Å². The van der Waals surface area contributed by atoms with Gasteiger partial charge in [-0.05, 0) is 44.7 Å². The number of piperidine rings is 1. The Bertz CT molecular complexity index is 727. The molecule has 0 unspecified atom stereocenters. The van der Waals surface area contributed by atoms with Crippen molar-refractivity contribution < 1.29 is 4.79 Å². The molecular formula is C18H26N6O. The predicted octanol–water partition coefficient (Wildman–Crippen LogP) is 1.54. The zero-order chi connectivity index (χ0) is 17.8. The Kier molecular flexibility index (Phi) is 5.31. The summed E-state index contributed by atoms with van der Waals surface area (Å²) in [4.78, 5) is 23.1. The maximum Gasteiger partial charge on any atom is 0.225 e. The largest absolute Gasteiger partial charge is 0.352 e.